The molecular weight excluding hydrogens is 304 g/mol. The van der Waals surface area contributed by atoms with Crippen molar-refractivity contribution in [2.45, 2.75) is 25.7 Å². The molecule has 6 nitrogen and oxygen atoms in total. The molecule has 0 spiro atoms. The van der Waals surface area contributed by atoms with Gasteiger partial charge >= 0.3 is 0 Å². The molecule has 116 valence electrons. The third kappa shape index (κ3) is 2.60. The zero-order valence-electron chi connectivity index (χ0n) is 12.5. The highest BCUT2D eigenvalue weighted by Crippen LogP contribution is 2.32. The van der Waals surface area contributed by atoms with E-state index in [1.165, 1.54) is 0 Å². The van der Waals surface area contributed by atoms with Crippen molar-refractivity contribution in [3.63, 3.8) is 0 Å². The second kappa shape index (κ2) is 5.37. The van der Waals surface area contributed by atoms with Gasteiger partial charge in [0, 0.05) is 5.02 Å². The highest BCUT2D eigenvalue weighted by molar-refractivity contribution is 6.30. The van der Waals surface area contributed by atoms with Crippen LogP contribution in [-0.4, -0.2) is 33.9 Å². The number of amides is 1. The number of aromatic nitrogens is 3. The zero-order chi connectivity index (χ0) is 15.9. The van der Waals surface area contributed by atoms with Crippen molar-refractivity contribution in [3.05, 3.63) is 40.4 Å². The van der Waals surface area contributed by atoms with Gasteiger partial charge in [0.05, 0.1) is 30.7 Å². The maximum absolute atomic E-state index is 11.2. The van der Waals surface area contributed by atoms with Gasteiger partial charge in [-0.1, -0.05) is 11.6 Å². The fourth-order valence-corrected chi connectivity index (χ4v) is 2.76. The molecule has 2 heterocycles. The van der Waals surface area contributed by atoms with Crippen molar-refractivity contribution >= 4 is 17.5 Å². The smallest absolute Gasteiger partial charge is 0.225 e. The van der Waals surface area contributed by atoms with Gasteiger partial charge in [-0.3, -0.25) is 4.79 Å². The molecule has 1 saturated heterocycles. The first-order valence-corrected chi connectivity index (χ1v) is 7.36. The molecule has 0 radical (unpaired) electrons. The summed E-state index contributed by atoms with van der Waals surface area (Å²) in [5, 5.41) is 5.13. The van der Waals surface area contributed by atoms with Gasteiger partial charge in [-0.2, -0.15) is 5.10 Å². The van der Waals surface area contributed by atoms with Crippen LogP contribution in [0, 0.1) is 6.92 Å². The average molecular weight is 321 g/mol. The first-order valence-electron chi connectivity index (χ1n) is 6.98. The van der Waals surface area contributed by atoms with Crippen LogP contribution >= 0.6 is 11.6 Å². The maximum atomic E-state index is 11.2. The van der Waals surface area contributed by atoms with Crippen LogP contribution in [0.25, 0.3) is 5.69 Å². The van der Waals surface area contributed by atoms with E-state index in [-0.39, 0.29) is 11.8 Å². The van der Waals surface area contributed by atoms with Crippen LogP contribution in [0.15, 0.2) is 18.2 Å². The minimum atomic E-state index is -0.452. The van der Waals surface area contributed by atoms with Gasteiger partial charge in [0.2, 0.25) is 5.91 Å². The van der Waals surface area contributed by atoms with Crippen LogP contribution in [0.5, 0.6) is 0 Å². The van der Waals surface area contributed by atoms with Crippen molar-refractivity contribution in [2.75, 3.05) is 13.2 Å². The number of primary amides is 1. The lowest BCUT2D eigenvalue weighted by atomic mass is 9.87. The first-order chi connectivity index (χ1) is 10.4. The number of ether oxygens (including phenoxy) is 1. The van der Waals surface area contributed by atoms with E-state index in [2.05, 4.69) is 17.0 Å². The van der Waals surface area contributed by atoms with Crippen molar-refractivity contribution in [3.8, 4) is 5.69 Å². The number of aryl methyl sites for hydroxylation is 1. The topological polar surface area (TPSA) is 83.0 Å². The van der Waals surface area contributed by atoms with Crippen LogP contribution in [0.1, 0.15) is 24.1 Å². The molecule has 1 aromatic heterocycles. The lowest BCUT2D eigenvalue weighted by Gasteiger charge is -2.37. The van der Waals surface area contributed by atoms with Gasteiger partial charge in [0.1, 0.15) is 5.82 Å². The van der Waals surface area contributed by atoms with Crippen molar-refractivity contribution in [1.29, 1.82) is 0 Å². The number of rotatable bonds is 4. The monoisotopic (exact) mass is 320 g/mol. The summed E-state index contributed by atoms with van der Waals surface area (Å²) in [6.45, 7) is 5.18. The molecule has 2 aromatic rings. The summed E-state index contributed by atoms with van der Waals surface area (Å²) in [6.07, 6.45) is 0.0174. The van der Waals surface area contributed by atoms with Crippen molar-refractivity contribution in [1.82, 2.24) is 14.8 Å². The molecule has 1 amide bonds. The third-order valence-corrected chi connectivity index (χ3v) is 3.99. The largest absolute Gasteiger partial charge is 0.379 e. The Balaban J connectivity index is 2.12. The Morgan fingerprint density at radius 2 is 2.23 bits per heavy atom. The second-order valence-electron chi connectivity index (χ2n) is 5.89. The number of nitrogens with zero attached hydrogens (tertiary/aromatic N) is 3. The molecule has 0 bridgehead atoms. The van der Waals surface area contributed by atoms with E-state index < -0.39 is 5.91 Å². The molecule has 0 atom stereocenters. The molecule has 2 N–H and O–H groups in total. The fraction of sp³-hybridized carbons (Fsp3) is 0.400. The number of carbonyl (C=O) groups is 1. The zero-order valence-corrected chi connectivity index (χ0v) is 13.2. The summed E-state index contributed by atoms with van der Waals surface area (Å²) in [5.74, 6) is 0.747. The Hall–Kier alpha value is -1.92. The Bertz CT molecular complexity index is 737. The standard InChI is InChI=1S/C15H17ClN4O2/c1-9-5-10(16)3-4-11(9)20-14(15(2)7-22-8-15)18-13(19-20)6-12(17)21/h3-5H,6-8H2,1-2H3,(H2,17,21). The molecule has 0 unspecified atom stereocenters. The quantitative estimate of drug-likeness (QED) is 0.926. The van der Waals surface area contributed by atoms with Crippen molar-refractivity contribution < 1.29 is 9.53 Å². The van der Waals surface area contributed by atoms with Gasteiger partial charge < -0.3 is 10.5 Å². The summed E-state index contributed by atoms with van der Waals surface area (Å²) in [6, 6.07) is 5.57. The number of nitrogens with two attached hydrogens (primary N) is 1. The van der Waals surface area contributed by atoms with E-state index in [1.54, 1.807) is 4.68 Å². The van der Waals surface area contributed by atoms with Gasteiger partial charge in [0.15, 0.2) is 5.82 Å². The summed E-state index contributed by atoms with van der Waals surface area (Å²) < 4.78 is 7.10. The highest BCUT2D eigenvalue weighted by atomic mass is 35.5. The molecular formula is C15H17ClN4O2. The van der Waals surface area contributed by atoms with E-state index >= 15 is 0 Å². The summed E-state index contributed by atoms with van der Waals surface area (Å²) in [4.78, 5) is 15.7. The van der Waals surface area contributed by atoms with Crippen molar-refractivity contribution in [2.24, 2.45) is 5.73 Å². The van der Waals surface area contributed by atoms with E-state index in [9.17, 15) is 4.79 Å². The molecule has 1 aromatic carbocycles. The molecule has 1 aliphatic rings. The van der Waals surface area contributed by atoms with E-state index in [4.69, 9.17) is 22.1 Å². The molecule has 0 aliphatic carbocycles. The fourth-order valence-electron chi connectivity index (χ4n) is 2.54. The van der Waals surface area contributed by atoms with Gasteiger partial charge in [-0.15, -0.1) is 0 Å². The average Bonchev–Trinajstić information content (AvgIpc) is 2.79. The normalized spacial score (nSPS) is 16.3. The van der Waals surface area contributed by atoms with Crippen LogP contribution in [0.2, 0.25) is 5.02 Å². The highest BCUT2D eigenvalue weighted by Gasteiger charge is 2.40. The van der Waals surface area contributed by atoms with Crippen LogP contribution in [-0.2, 0) is 21.4 Å². The van der Waals surface area contributed by atoms with E-state index in [0.29, 0.717) is 24.1 Å². The summed E-state index contributed by atoms with van der Waals surface area (Å²) in [5.41, 5.74) is 6.91. The van der Waals surface area contributed by atoms with Crippen LogP contribution in [0.4, 0.5) is 0 Å². The number of benzene rings is 1. The predicted octanol–water partition coefficient (Wildman–Crippen LogP) is 1.54. The Labute approximate surface area is 133 Å². The predicted molar refractivity (Wildman–Crippen MR) is 82.2 cm³/mol. The SMILES string of the molecule is Cc1cc(Cl)ccc1-n1nc(CC(N)=O)nc1C1(C)COC1. The Kier molecular flexibility index (Phi) is 3.66. The van der Waals surface area contributed by atoms with Gasteiger partial charge in [0.25, 0.3) is 0 Å². The lowest BCUT2D eigenvalue weighted by Crippen LogP contribution is -2.46. The third-order valence-electron chi connectivity index (χ3n) is 3.75. The van der Waals surface area contributed by atoms with Gasteiger partial charge in [-0.05, 0) is 37.6 Å². The van der Waals surface area contributed by atoms with E-state index in [0.717, 1.165) is 17.1 Å². The minimum Gasteiger partial charge on any atom is -0.379 e. The number of halogens is 1. The maximum Gasteiger partial charge on any atom is 0.225 e. The number of carbonyl (C=O) groups excluding carboxylic acids is 1. The molecule has 1 aliphatic heterocycles. The lowest BCUT2D eigenvalue weighted by molar-refractivity contribution is -0.117. The first kappa shape index (κ1) is 15.0. The molecule has 1 fully saturated rings. The van der Waals surface area contributed by atoms with Crippen LogP contribution < -0.4 is 5.73 Å². The molecule has 7 heteroatoms. The number of hydrogen-bond donors (Lipinski definition) is 1. The summed E-state index contributed by atoms with van der Waals surface area (Å²) >= 11 is 6.02. The Morgan fingerprint density at radius 1 is 1.50 bits per heavy atom. The Morgan fingerprint density at radius 3 is 2.77 bits per heavy atom. The number of hydrogen-bond acceptors (Lipinski definition) is 4. The molecule has 0 saturated carbocycles. The minimum absolute atomic E-state index is 0.0174. The van der Waals surface area contributed by atoms with Gasteiger partial charge in [-0.25, -0.2) is 9.67 Å². The van der Waals surface area contributed by atoms with Crippen LogP contribution in [0.3, 0.4) is 0 Å². The molecule has 22 heavy (non-hydrogen) atoms. The molecule has 3 rings (SSSR count). The second-order valence-corrected chi connectivity index (χ2v) is 6.33. The summed E-state index contributed by atoms with van der Waals surface area (Å²) in [7, 11) is 0. The van der Waals surface area contributed by atoms with E-state index in [1.807, 2.05) is 25.1 Å².